The second-order valence-electron chi connectivity index (χ2n) is 4.52. The van der Waals surface area contributed by atoms with Gasteiger partial charge in [-0.15, -0.1) is 0 Å². The summed E-state index contributed by atoms with van der Waals surface area (Å²) < 4.78 is 1.65. The Hall–Kier alpha value is -1.46. The number of carbonyl (C=O) groups is 2. The summed E-state index contributed by atoms with van der Waals surface area (Å²) in [5, 5.41) is 0. The Morgan fingerprint density at radius 2 is 1.65 bits per heavy atom. The van der Waals surface area contributed by atoms with Gasteiger partial charge in [-0.25, -0.2) is 4.90 Å². The normalized spacial score (nSPS) is 13.8. The molecule has 0 N–H and O–H groups in total. The van der Waals surface area contributed by atoms with Crippen LogP contribution in [0, 0.1) is 6.92 Å². The van der Waals surface area contributed by atoms with Crippen LogP contribution in [0.4, 0.5) is 5.69 Å². The summed E-state index contributed by atoms with van der Waals surface area (Å²) in [6, 6.07) is 10.6. The molecule has 0 aliphatic carbocycles. The van der Waals surface area contributed by atoms with Crippen LogP contribution in [0.3, 0.4) is 0 Å². The molecule has 2 aromatic carbocycles. The molecule has 20 heavy (non-hydrogen) atoms. The van der Waals surface area contributed by atoms with Crippen LogP contribution in [0.2, 0.25) is 0 Å². The van der Waals surface area contributed by atoms with Crippen LogP contribution in [-0.4, -0.2) is 11.8 Å². The lowest BCUT2D eigenvalue weighted by Crippen LogP contribution is -2.30. The Bertz CT molecular complexity index is 756. The summed E-state index contributed by atoms with van der Waals surface area (Å²) in [6.45, 7) is 1.87. The van der Waals surface area contributed by atoms with Crippen molar-refractivity contribution in [1.29, 1.82) is 0 Å². The van der Waals surface area contributed by atoms with Gasteiger partial charge in [-0.2, -0.15) is 0 Å². The van der Waals surface area contributed by atoms with E-state index in [0.717, 1.165) is 14.5 Å². The molecule has 3 rings (SSSR count). The van der Waals surface area contributed by atoms with Crippen LogP contribution in [0.25, 0.3) is 0 Å². The summed E-state index contributed by atoms with van der Waals surface area (Å²) in [5.41, 5.74) is 2.35. The number of rotatable bonds is 1. The highest BCUT2D eigenvalue weighted by Crippen LogP contribution is 2.34. The maximum absolute atomic E-state index is 12.5. The molecule has 1 heterocycles. The standard InChI is InChI=1S/C15H9Br2NO2/c1-8-12(17)3-2-4-13(8)18-14(19)10-6-5-9(16)7-11(10)15(18)20/h2-7H,1H3. The lowest BCUT2D eigenvalue weighted by atomic mass is 10.1. The van der Waals surface area contributed by atoms with E-state index in [-0.39, 0.29) is 11.8 Å². The first-order valence-corrected chi connectivity index (χ1v) is 7.53. The second kappa shape index (κ2) is 4.82. The Balaban J connectivity index is 2.17. The molecule has 3 nitrogen and oxygen atoms in total. The zero-order valence-corrected chi connectivity index (χ0v) is 13.7. The molecule has 1 aliphatic heterocycles. The summed E-state index contributed by atoms with van der Waals surface area (Å²) in [7, 11) is 0. The van der Waals surface area contributed by atoms with E-state index < -0.39 is 0 Å². The van der Waals surface area contributed by atoms with E-state index in [1.54, 1.807) is 24.3 Å². The number of nitrogens with zero attached hydrogens (tertiary/aromatic N) is 1. The monoisotopic (exact) mass is 393 g/mol. The SMILES string of the molecule is Cc1c(Br)cccc1N1C(=O)c2ccc(Br)cc2C1=O. The van der Waals surface area contributed by atoms with Gasteiger partial charge in [0.2, 0.25) is 0 Å². The predicted molar refractivity (Wildman–Crippen MR) is 84.2 cm³/mol. The van der Waals surface area contributed by atoms with Gasteiger partial charge in [-0.1, -0.05) is 37.9 Å². The van der Waals surface area contributed by atoms with Gasteiger partial charge < -0.3 is 0 Å². The quantitative estimate of drug-likeness (QED) is 0.675. The Morgan fingerprint density at radius 3 is 2.40 bits per heavy atom. The van der Waals surface area contributed by atoms with Gasteiger partial charge in [-0.3, -0.25) is 9.59 Å². The van der Waals surface area contributed by atoms with Crippen molar-refractivity contribution in [3.8, 4) is 0 Å². The molecule has 0 atom stereocenters. The van der Waals surface area contributed by atoms with E-state index in [0.29, 0.717) is 16.8 Å². The molecule has 0 spiro atoms. The molecule has 0 unspecified atom stereocenters. The zero-order chi connectivity index (χ0) is 14.4. The Labute approximate surface area is 132 Å². The molecule has 2 amide bonds. The largest absolute Gasteiger partial charge is 0.268 e. The van der Waals surface area contributed by atoms with Gasteiger partial charge in [0.25, 0.3) is 11.8 Å². The number of halogens is 2. The highest BCUT2D eigenvalue weighted by atomic mass is 79.9. The fourth-order valence-electron chi connectivity index (χ4n) is 2.27. The van der Waals surface area contributed by atoms with E-state index >= 15 is 0 Å². The molecule has 0 aromatic heterocycles. The average Bonchev–Trinajstić information content (AvgIpc) is 2.65. The van der Waals surface area contributed by atoms with Crippen LogP contribution in [0.15, 0.2) is 45.3 Å². The highest BCUT2D eigenvalue weighted by molar-refractivity contribution is 9.10. The number of amides is 2. The minimum atomic E-state index is -0.285. The van der Waals surface area contributed by atoms with E-state index in [2.05, 4.69) is 31.9 Å². The van der Waals surface area contributed by atoms with Crippen molar-refractivity contribution in [2.75, 3.05) is 4.90 Å². The van der Waals surface area contributed by atoms with Crippen LogP contribution in [0.1, 0.15) is 26.3 Å². The van der Waals surface area contributed by atoms with Gasteiger partial charge in [0.05, 0.1) is 16.8 Å². The van der Waals surface area contributed by atoms with Crippen molar-refractivity contribution >= 4 is 49.4 Å². The maximum atomic E-state index is 12.5. The summed E-state index contributed by atoms with van der Waals surface area (Å²) in [5.74, 6) is -0.564. The lowest BCUT2D eigenvalue weighted by molar-refractivity contribution is 0.0926. The fourth-order valence-corrected chi connectivity index (χ4v) is 2.99. The van der Waals surface area contributed by atoms with E-state index in [9.17, 15) is 9.59 Å². The first-order chi connectivity index (χ1) is 9.50. The molecule has 0 saturated carbocycles. The first kappa shape index (κ1) is 13.5. The van der Waals surface area contributed by atoms with Crippen LogP contribution >= 0.6 is 31.9 Å². The van der Waals surface area contributed by atoms with Crippen molar-refractivity contribution in [1.82, 2.24) is 0 Å². The number of hydrogen-bond donors (Lipinski definition) is 0. The molecular weight excluding hydrogens is 386 g/mol. The van der Waals surface area contributed by atoms with E-state index in [1.807, 2.05) is 19.1 Å². The number of imide groups is 1. The summed E-state index contributed by atoms with van der Waals surface area (Å²) >= 11 is 6.75. The molecule has 0 radical (unpaired) electrons. The molecular formula is C15H9Br2NO2. The van der Waals surface area contributed by atoms with Gasteiger partial charge in [0.1, 0.15) is 0 Å². The fraction of sp³-hybridized carbons (Fsp3) is 0.0667. The molecule has 0 bridgehead atoms. The van der Waals surface area contributed by atoms with Crippen molar-refractivity contribution in [3.05, 3.63) is 62.0 Å². The van der Waals surface area contributed by atoms with Gasteiger partial charge >= 0.3 is 0 Å². The topological polar surface area (TPSA) is 37.4 Å². The van der Waals surface area contributed by atoms with Gasteiger partial charge in [0, 0.05) is 8.95 Å². The minimum absolute atomic E-state index is 0.279. The lowest BCUT2D eigenvalue weighted by Gasteiger charge is -2.17. The molecule has 0 fully saturated rings. The third-order valence-electron chi connectivity index (χ3n) is 3.33. The molecule has 1 aliphatic rings. The number of hydrogen-bond acceptors (Lipinski definition) is 2. The number of anilines is 1. The van der Waals surface area contributed by atoms with E-state index in [4.69, 9.17) is 0 Å². The summed E-state index contributed by atoms with van der Waals surface area (Å²) in [6.07, 6.45) is 0. The highest BCUT2D eigenvalue weighted by Gasteiger charge is 2.37. The maximum Gasteiger partial charge on any atom is 0.266 e. The van der Waals surface area contributed by atoms with Crippen LogP contribution < -0.4 is 4.90 Å². The number of fused-ring (bicyclic) bond motifs is 1. The molecule has 5 heteroatoms. The zero-order valence-electron chi connectivity index (χ0n) is 10.5. The smallest absolute Gasteiger partial charge is 0.266 e. The number of benzene rings is 2. The average molecular weight is 395 g/mol. The predicted octanol–water partition coefficient (Wildman–Crippen LogP) is 4.32. The van der Waals surface area contributed by atoms with Crippen molar-refractivity contribution in [2.24, 2.45) is 0 Å². The van der Waals surface area contributed by atoms with Gasteiger partial charge in [0.15, 0.2) is 0 Å². The third-order valence-corrected chi connectivity index (χ3v) is 4.68. The molecule has 100 valence electrons. The third kappa shape index (κ3) is 1.93. The van der Waals surface area contributed by atoms with Crippen molar-refractivity contribution in [2.45, 2.75) is 6.92 Å². The Kier molecular flexibility index (Phi) is 3.26. The van der Waals surface area contributed by atoms with E-state index in [1.165, 1.54) is 4.90 Å². The van der Waals surface area contributed by atoms with Crippen molar-refractivity contribution < 1.29 is 9.59 Å². The number of carbonyl (C=O) groups excluding carboxylic acids is 2. The molecule has 2 aromatic rings. The first-order valence-electron chi connectivity index (χ1n) is 5.94. The summed E-state index contributed by atoms with van der Waals surface area (Å²) in [4.78, 5) is 26.2. The second-order valence-corrected chi connectivity index (χ2v) is 6.29. The van der Waals surface area contributed by atoms with Gasteiger partial charge in [-0.05, 0) is 42.8 Å². The minimum Gasteiger partial charge on any atom is -0.268 e. The molecule has 0 saturated heterocycles. The van der Waals surface area contributed by atoms with Crippen LogP contribution in [-0.2, 0) is 0 Å². The Morgan fingerprint density at radius 1 is 0.950 bits per heavy atom. The van der Waals surface area contributed by atoms with Crippen molar-refractivity contribution in [3.63, 3.8) is 0 Å². The van der Waals surface area contributed by atoms with Crippen LogP contribution in [0.5, 0.6) is 0 Å².